The van der Waals surface area contributed by atoms with Gasteiger partial charge in [-0.1, -0.05) is 11.3 Å². The number of alkyl halides is 3. The molecular formula is C12H13F3N6O. The van der Waals surface area contributed by atoms with Crippen molar-refractivity contribution in [1.82, 2.24) is 25.3 Å². The highest BCUT2D eigenvalue weighted by molar-refractivity contribution is 5.88. The third-order valence-electron chi connectivity index (χ3n) is 2.72. The van der Waals surface area contributed by atoms with Crippen molar-refractivity contribution in [2.75, 3.05) is 5.32 Å². The summed E-state index contributed by atoms with van der Waals surface area (Å²) in [6, 6.07) is -0.601. The first-order valence-electron chi connectivity index (χ1n) is 6.34. The SMILES string of the molecule is CCn1cc(NC(=O)N[C@H](c2cccnc2)C(F)(F)F)nn1. The number of carbonyl (C=O) groups excluding carboxylic acids is 1. The van der Waals surface area contributed by atoms with Gasteiger partial charge in [0.1, 0.15) is 0 Å². The Balaban J connectivity index is 2.09. The van der Waals surface area contributed by atoms with Crippen LogP contribution in [0.15, 0.2) is 30.7 Å². The molecule has 2 aromatic heterocycles. The quantitative estimate of drug-likeness (QED) is 0.905. The number of halogens is 3. The molecule has 0 aliphatic carbocycles. The molecule has 0 fully saturated rings. The third kappa shape index (κ3) is 3.93. The summed E-state index contributed by atoms with van der Waals surface area (Å²) in [4.78, 5) is 15.3. The Kier molecular flexibility index (Phi) is 4.59. The largest absolute Gasteiger partial charge is 0.412 e. The molecule has 2 aromatic rings. The smallest absolute Gasteiger partial charge is 0.322 e. The van der Waals surface area contributed by atoms with E-state index < -0.39 is 18.2 Å². The highest BCUT2D eigenvalue weighted by Crippen LogP contribution is 2.32. The molecule has 0 aromatic carbocycles. The zero-order valence-electron chi connectivity index (χ0n) is 11.5. The van der Waals surface area contributed by atoms with Crippen molar-refractivity contribution in [1.29, 1.82) is 0 Å². The number of nitrogens with one attached hydrogen (secondary N) is 2. The van der Waals surface area contributed by atoms with Gasteiger partial charge >= 0.3 is 12.2 Å². The fourth-order valence-electron chi connectivity index (χ4n) is 1.69. The molecule has 0 unspecified atom stereocenters. The second kappa shape index (κ2) is 6.41. The van der Waals surface area contributed by atoms with Gasteiger partial charge in [-0.3, -0.25) is 15.0 Å². The van der Waals surface area contributed by atoms with E-state index >= 15 is 0 Å². The lowest BCUT2D eigenvalue weighted by molar-refractivity contribution is -0.154. The molecule has 2 rings (SSSR count). The molecule has 0 bridgehead atoms. The van der Waals surface area contributed by atoms with E-state index in [9.17, 15) is 18.0 Å². The molecule has 118 valence electrons. The summed E-state index contributed by atoms with van der Waals surface area (Å²) in [6.45, 7) is 2.33. The standard InChI is InChI=1S/C12H13F3N6O/c1-2-21-7-9(19-20-21)17-11(22)18-10(12(13,14)15)8-4-3-5-16-6-8/h3-7,10H,2H2,1H3,(H2,17,18,22)/t10-/m1/s1. The summed E-state index contributed by atoms with van der Waals surface area (Å²) in [5.41, 5.74) is -0.164. The van der Waals surface area contributed by atoms with Gasteiger partial charge in [-0.2, -0.15) is 13.2 Å². The van der Waals surface area contributed by atoms with E-state index in [0.29, 0.717) is 6.54 Å². The number of aromatic nitrogens is 4. The molecule has 2 heterocycles. The molecule has 0 saturated carbocycles. The molecule has 10 heteroatoms. The Morgan fingerprint density at radius 3 is 2.77 bits per heavy atom. The van der Waals surface area contributed by atoms with Gasteiger partial charge in [0, 0.05) is 24.5 Å². The predicted octanol–water partition coefficient (Wildman–Crippen LogP) is 2.12. The Labute approximate surface area is 123 Å². The number of hydrogen-bond acceptors (Lipinski definition) is 4. The molecule has 0 saturated heterocycles. The van der Waals surface area contributed by atoms with E-state index in [1.165, 1.54) is 29.2 Å². The molecule has 0 spiro atoms. The van der Waals surface area contributed by atoms with Gasteiger partial charge in [0.15, 0.2) is 11.9 Å². The topological polar surface area (TPSA) is 84.7 Å². The first-order chi connectivity index (χ1) is 10.4. The minimum absolute atomic E-state index is 0.0615. The second-order valence-electron chi connectivity index (χ2n) is 4.32. The Morgan fingerprint density at radius 2 is 2.23 bits per heavy atom. The van der Waals surface area contributed by atoms with Gasteiger partial charge in [0.25, 0.3) is 0 Å². The van der Waals surface area contributed by atoms with E-state index in [4.69, 9.17) is 0 Å². The molecule has 0 aliphatic rings. The molecule has 0 radical (unpaired) electrons. The van der Waals surface area contributed by atoms with Crippen molar-refractivity contribution in [2.45, 2.75) is 25.7 Å². The summed E-state index contributed by atoms with van der Waals surface area (Å²) in [6.07, 6.45) is -0.848. The number of rotatable bonds is 4. The van der Waals surface area contributed by atoms with Crippen LogP contribution < -0.4 is 10.6 Å². The summed E-state index contributed by atoms with van der Waals surface area (Å²) < 4.78 is 40.6. The summed E-state index contributed by atoms with van der Waals surface area (Å²) in [5, 5.41) is 11.3. The highest BCUT2D eigenvalue weighted by atomic mass is 19.4. The van der Waals surface area contributed by atoms with Crippen LogP contribution >= 0.6 is 0 Å². The van der Waals surface area contributed by atoms with Gasteiger partial charge in [-0.15, -0.1) is 5.10 Å². The average molecular weight is 314 g/mol. The normalized spacial score (nSPS) is 12.7. The van der Waals surface area contributed by atoms with Gasteiger partial charge < -0.3 is 5.32 Å². The van der Waals surface area contributed by atoms with E-state index in [1.807, 2.05) is 5.32 Å². The summed E-state index contributed by atoms with van der Waals surface area (Å²) in [5.74, 6) is 0.0615. The van der Waals surface area contributed by atoms with E-state index in [0.717, 1.165) is 6.20 Å². The number of anilines is 1. The Bertz CT molecular complexity index is 627. The Hall–Kier alpha value is -2.65. The lowest BCUT2D eigenvalue weighted by Crippen LogP contribution is -2.40. The number of nitrogens with zero attached hydrogens (tertiary/aromatic N) is 4. The number of pyridine rings is 1. The number of amides is 2. The zero-order chi connectivity index (χ0) is 16.2. The molecule has 2 amide bonds. The molecular weight excluding hydrogens is 301 g/mol. The van der Waals surface area contributed by atoms with Crippen LogP contribution in [-0.2, 0) is 6.54 Å². The number of aryl methyl sites for hydroxylation is 1. The third-order valence-corrected chi connectivity index (χ3v) is 2.72. The monoisotopic (exact) mass is 314 g/mol. The number of hydrogen-bond donors (Lipinski definition) is 2. The van der Waals surface area contributed by atoms with Crippen molar-refractivity contribution >= 4 is 11.8 Å². The average Bonchev–Trinajstić information content (AvgIpc) is 2.92. The van der Waals surface area contributed by atoms with Crippen LogP contribution in [0.1, 0.15) is 18.5 Å². The molecule has 22 heavy (non-hydrogen) atoms. The minimum Gasteiger partial charge on any atom is -0.322 e. The van der Waals surface area contributed by atoms with Crippen molar-refractivity contribution in [3.05, 3.63) is 36.3 Å². The van der Waals surface area contributed by atoms with Crippen LogP contribution in [0.3, 0.4) is 0 Å². The van der Waals surface area contributed by atoms with Crippen LogP contribution in [0.4, 0.5) is 23.8 Å². The number of carbonyl (C=O) groups is 1. The fourth-order valence-corrected chi connectivity index (χ4v) is 1.69. The van der Waals surface area contributed by atoms with Crippen molar-refractivity contribution in [2.24, 2.45) is 0 Å². The van der Waals surface area contributed by atoms with E-state index in [-0.39, 0.29) is 11.4 Å². The lowest BCUT2D eigenvalue weighted by atomic mass is 10.1. The zero-order valence-corrected chi connectivity index (χ0v) is 11.5. The van der Waals surface area contributed by atoms with Crippen molar-refractivity contribution in [3.63, 3.8) is 0 Å². The van der Waals surface area contributed by atoms with E-state index in [2.05, 4.69) is 20.6 Å². The molecule has 0 aliphatic heterocycles. The number of urea groups is 1. The first kappa shape index (κ1) is 15.7. The van der Waals surface area contributed by atoms with Gasteiger partial charge in [-0.05, 0) is 13.0 Å². The minimum atomic E-state index is -4.65. The van der Waals surface area contributed by atoms with Gasteiger partial charge in [0.05, 0.1) is 6.20 Å². The maximum absolute atomic E-state index is 13.1. The van der Waals surface area contributed by atoms with Gasteiger partial charge in [0.2, 0.25) is 0 Å². The highest BCUT2D eigenvalue weighted by Gasteiger charge is 2.42. The van der Waals surface area contributed by atoms with Gasteiger partial charge in [-0.25, -0.2) is 4.79 Å². The second-order valence-corrected chi connectivity index (χ2v) is 4.32. The van der Waals surface area contributed by atoms with Crippen molar-refractivity contribution < 1.29 is 18.0 Å². The molecule has 2 N–H and O–H groups in total. The maximum Gasteiger partial charge on any atom is 0.412 e. The van der Waals surface area contributed by atoms with Crippen LogP contribution in [0.25, 0.3) is 0 Å². The van der Waals surface area contributed by atoms with Crippen LogP contribution in [0, 0.1) is 0 Å². The maximum atomic E-state index is 13.1. The van der Waals surface area contributed by atoms with E-state index in [1.54, 1.807) is 6.92 Å². The molecule has 7 nitrogen and oxygen atoms in total. The lowest BCUT2D eigenvalue weighted by Gasteiger charge is -2.21. The Morgan fingerprint density at radius 1 is 1.45 bits per heavy atom. The first-order valence-corrected chi connectivity index (χ1v) is 6.34. The summed E-state index contributed by atoms with van der Waals surface area (Å²) in [7, 11) is 0. The molecule has 1 atom stereocenters. The van der Waals surface area contributed by atoms with Crippen LogP contribution in [-0.4, -0.2) is 32.2 Å². The van der Waals surface area contributed by atoms with Crippen LogP contribution in [0.5, 0.6) is 0 Å². The summed E-state index contributed by atoms with van der Waals surface area (Å²) >= 11 is 0. The van der Waals surface area contributed by atoms with Crippen LogP contribution in [0.2, 0.25) is 0 Å². The fraction of sp³-hybridized carbons (Fsp3) is 0.333. The predicted molar refractivity (Wildman–Crippen MR) is 70.9 cm³/mol. The van der Waals surface area contributed by atoms with Crippen molar-refractivity contribution in [3.8, 4) is 0 Å².